The van der Waals surface area contributed by atoms with Gasteiger partial charge in [-0.3, -0.25) is 4.99 Å². The number of aromatic nitrogens is 1. The first-order valence-electron chi connectivity index (χ1n) is 8.75. The van der Waals surface area contributed by atoms with Gasteiger partial charge in [0.2, 0.25) is 5.96 Å². The van der Waals surface area contributed by atoms with Crippen molar-refractivity contribution in [3.05, 3.63) is 46.5 Å². The lowest BCUT2D eigenvalue weighted by Crippen LogP contribution is -2.34. The van der Waals surface area contributed by atoms with Crippen molar-refractivity contribution in [2.24, 2.45) is 10.7 Å². The number of hydrogen-bond donors (Lipinski definition) is 2. The first-order chi connectivity index (χ1) is 12.5. The third kappa shape index (κ3) is 5.74. The van der Waals surface area contributed by atoms with Crippen LogP contribution in [0.2, 0.25) is 0 Å². The summed E-state index contributed by atoms with van der Waals surface area (Å²) in [5, 5.41) is 9.91. The van der Waals surface area contributed by atoms with E-state index in [0.29, 0.717) is 24.1 Å². The number of thiazole rings is 1. The van der Waals surface area contributed by atoms with E-state index < -0.39 is 0 Å². The highest BCUT2D eigenvalue weighted by molar-refractivity contribution is 7.15. The van der Waals surface area contributed by atoms with Crippen LogP contribution in [-0.4, -0.2) is 28.9 Å². The minimum atomic E-state index is 0.285. The summed E-state index contributed by atoms with van der Waals surface area (Å²) in [6, 6.07) is 10.3. The molecule has 0 bridgehead atoms. The third-order valence-corrected chi connectivity index (χ3v) is 5.34. The van der Waals surface area contributed by atoms with Crippen LogP contribution in [0.5, 0.6) is 0 Å². The average molecular weight is 371 g/mol. The Labute approximate surface area is 159 Å². The average Bonchev–Trinajstić information content (AvgIpc) is 2.96. The van der Waals surface area contributed by atoms with Gasteiger partial charge in [-0.05, 0) is 37.7 Å². The van der Waals surface area contributed by atoms with Crippen LogP contribution in [0.1, 0.15) is 41.8 Å². The molecule has 6 nitrogen and oxygen atoms in total. The van der Waals surface area contributed by atoms with Crippen molar-refractivity contribution < 1.29 is 0 Å². The maximum Gasteiger partial charge on any atom is 0.204 e. The molecule has 0 fully saturated rings. The number of nitriles is 1. The lowest BCUT2D eigenvalue weighted by Gasteiger charge is -2.15. The van der Waals surface area contributed by atoms with Crippen molar-refractivity contribution in [3.8, 4) is 6.19 Å². The lowest BCUT2D eigenvalue weighted by atomic mass is 9.98. The number of benzene rings is 1. The van der Waals surface area contributed by atoms with Gasteiger partial charge < -0.3 is 11.5 Å². The molecule has 2 aromatic rings. The summed E-state index contributed by atoms with van der Waals surface area (Å²) in [6.07, 6.45) is 4.64. The normalized spacial score (nSPS) is 12.6. The van der Waals surface area contributed by atoms with Gasteiger partial charge in [-0.25, -0.2) is 9.88 Å². The Hall–Kier alpha value is -2.59. The Morgan fingerprint density at radius 3 is 2.73 bits per heavy atom. The van der Waals surface area contributed by atoms with Gasteiger partial charge in [0.05, 0.1) is 5.69 Å². The summed E-state index contributed by atoms with van der Waals surface area (Å²) < 4.78 is 0. The van der Waals surface area contributed by atoms with E-state index in [4.69, 9.17) is 11.5 Å². The van der Waals surface area contributed by atoms with Gasteiger partial charge in [0.25, 0.3) is 0 Å². The predicted octanol–water partition coefficient (Wildman–Crippen LogP) is 3.26. The highest BCUT2D eigenvalue weighted by Gasteiger charge is 2.10. The van der Waals surface area contributed by atoms with Gasteiger partial charge in [0, 0.05) is 18.0 Å². The summed E-state index contributed by atoms with van der Waals surface area (Å²) in [5.74, 6) is 0.691. The monoisotopic (exact) mass is 370 g/mol. The second kappa shape index (κ2) is 9.78. The van der Waals surface area contributed by atoms with E-state index in [1.807, 2.05) is 25.1 Å². The second-order valence-electron chi connectivity index (χ2n) is 6.26. The maximum atomic E-state index is 9.32. The van der Waals surface area contributed by atoms with E-state index in [9.17, 15) is 5.26 Å². The Morgan fingerprint density at radius 2 is 2.12 bits per heavy atom. The largest absolute Gasteiger partial charge is 0.375 e. The minimum Gasteiger partial charge on any atom is -0.375 e. The van der Waals surface area contributed by atoms with Crippen LogP contribution in [0.15, 0.2) is 35.3 Å². The number of aliphatic imine (C=N–C) groups is 1. The fraction of sp³-hybridized carbons (Fsp3) is 0.421. The first-order valence-corrected chi connectivity index (χ1v) is 9.56. The maximum absolute atomic E-state index is 9.32. The summed E-state index contributed by atoms with van der Waals surface area (Å²) in [4.78, 5) is 11.2. The SMILES string of the molecule is Cc1nc(N)sc1CCCN(C#N)C(N)=NCCC(C)c1ccccc1. The highest BCUT2D eigenvalue weighted by Crippen LogP contribution is 2.21. The van der Waals surface area contributed by atoms with Crippen LogP contribution in [0.4, 0.5) is 5.13 Å². The summed E-state index contributed by atoms with van der Waals surface area (Å²) in [7, 11) is 0. The van der Waals surface area contributed by atoms with Gasteiger partial charge >= 0.3 is 0 Å². The zero-order chi connectivity index (χ0) is 18.9. The van der Waals surface area contributed by atoms with Gasteiger partial charge in [-0.2, -0.15) is 5.26 Å². The van der Waals surface area contributed by atoms with E-state index in [1.54, 1.807) is 0 Å². The van der Waals surface area contributed by atoms with Crippen LogP contribution in [0.25, 0.3) is 0 Å². The quantitative estimate of drug-likeness (QED) is 0.321. The molecule has 0 aliphatic carbocycles. The molecule has 0 saturated heterocycles. The van der Waals surface area contributed by atoms with Crippen LogP contribution >= 0.6 is 11.3 Å². The Bertz CT molecular complexity index is 762. The first kappa shape index (κ1) is 19.7. The van der Waals surface area contributed by atoms with Crippen molar-refractivity contribution in [3.63, 3.8) is 0 Å². The molecule has 26 heavy (non-hydrogen) atoms. The molecule has 1 unspecified atom stereocenters. The number of rotatable bonds is 8. The van der Waals surface area contributed by atoms with Crippen molar-refractivity contribution in [1.82, 2.24) is 9.88 Å². The molecule has 0 aliphatic heterocycles. The number of nitrogens with zero attached hydrogens (tertiary/aromatic N) is 4. The smallest absolute Gasteiger partial charge is 0.204 e. The fourth-order valence-electron chi connectivity index (χ4n) is 2.70. The van der Waals surface area contributed by atoms with Crippen molar-refractivity contribution in [1.29, 1.82) is 5.26 Å². The number of aryl methyl sites for hydroxylation is 2. The van der Waals surface area contributed by atoms with Gasteiger partial charge in [-0.1, -0.05) is 37.3 Å². The summed E-state index contributed by atoms with van der Waals surface area (Å²) in [6.45, 7) is 5.27. The molecule has 1 aromatic heterocycles. The molecule has 138 valence electrons. The number of hydrogen-bond acceptors (Lipinski definition) is 5. The molecule has 2 rings (SSSR count). The van der Waals surface area contributed by atoms with E-state index in [2.05, 4.69) is 35.2 Å². The summed E-state index contributed by atoms with van der Waals surface area (Å²) in [5.41, 5.74) is 14.0. The zero-order valence-corrected chi connectivity index (χ0v) is 16.2. The molecular weight excluding hydrogens is 344 g/mol. The molecule has 0 radical (unpaired) electrons. The van der Waals surface area contributed by atoms with Crippen LogP contribution in [0.3, 0.4) is 0 Å². The topological polar surface area (TPSA) is 104 Å². The van der Waals surface area contributed by atoms with Crippen LogP contribution in [0, 0.1) is 18.4 Å². The molecule has 4 N–H and O–H groups in total. The molecule has 0 aliphatic rings. The Morgan fingerprint density at radius 1 is 1.38 bits per heavy atom. The molecule has 1 atom stereocenters. The Kier molecular flexibility index (Phi) is 7.42. The van der Waals surface area contributed by atoms with Crippen molar-refractivity contribution in [2.75, 3.05) is 18.8 Å². The van der Waals surface area contributed by atoms with E-state index in [0.717, 1.165) is 29.8 Å². The zero-order valence-electron chi connectivity index (χ0n) is 15.4. The van der Waals surface area contributed by atoms with Gasteiger partial charge in [0.1, 0.15) is 0 Å². The number of guanidine groups is 1. The second-order valence-corrected chi connectivity index (χ2v) is 7.37. The highest BCUT2D eigenvalue weighted by atomic mass is 32.1. The van der Waals surface area contributed by atoms with Crippen molar-refractivity contribution >= 4 is 22.4 Å². The molecule has 1 aromatic carbocycles. The molecule has 0 amide bonds. The number of nitrogen functional groups attached to an aromatic ring is 1. The molecule has 0 spiro atoms. The van der Waals surface area contributed by atoms with E-state index in [1.165, 1.54) is 21.8 Å². The predicted molar refractivity (Wildman–Crippen MR) is 108 cm³/mol. The van der Waals surface area contributed by atoms with E-state index >= 15 is 0 Å². The van der Waals surface area contributed by atoms with Gasteiger partial charge in [-0.15, -0.1) is 11.3 Å². The molecular formula is C19H26N6S. The van der Waals surface area contributed by atoms with Gasteiger partial charge in [0.15, 0.2) is 11.3 Å². The Balaban J connectivity index is 1.79. The minimum absolute atomic E-state index is 0.285. The molecule has 0 saturated carbocycles. The molecule has 1 heterocycles. The summed E-state index contributed by atoms with van der Waals surface area (Å²) >= 11 is 1.50. The lowest BCUT2D eigenvalue weighted by molar-refractivity contribution is 0.539. The fourth-order valence-corrected chi connectivity index (χ4v) is 3.58. The molecule has 7 heteroatoms. The van der Waals surface area contributed by atoms with Crippen LogP contribution in [-0.2, 0) is 6.42 Å². The third-order valence-electron chi connectivity index (χ3n) is 4.30. The standard InChI is InChI=1S/C19H26N6S/c1-14(16-7-4-3-5-8-16)10-11-23-18(21)25(13-20)12-6-9-17-15(2)24-19(22)26-17/h3-5,7-8,14H,6,9-12H2,1-2H3,(H2,21,23)(H2,22,24). The van der Waals surface area contributed by atoms with Crippen molar-refractivity contribution in [2.45, 2.75) is 39.0 Å². The van der Waals surface area contributed by atoms with Crippen LogP contribution < -0.4 is 11.5 Å². The number of nitrogens with two attached hydrogens (primary N) is 2. The van der Waals surface area contributed by atoms with E-state index in [-0.39, 0.29) is 5.96 Å². The number of anilines is 1.